The summed E-state index contributed by atoms with van der Waals surface area (Å²) in [5.41, 5.74) is 0.928. The first-order chi connectivity index (χ1) is 9.74. The Balaban J connectivity index is 2.20. The second-order valence-corrected chi connectivity index (χ2v) is 4.41. The van der Waals surface area contributed by atoms with Gasteiger partial charge in [-0.3, -0.25) is 5.10 Å². The predicted molar refractivity (Wildman–Crippen MR) is 81.9 cm³/mol. The Morgan fingerprint density at radius 2 is 2.40 bits per heavy atom. The van der Waals surface area contributed by atoms with Gasteiger partial charge >= 0.3 is 0 Å². The lowest BCUT2D eigenvalue weighted by Gasteiger charge is -2.03. The summed E-state index contributed by atoms with van der Waals surface area (Å²) in [6.07, 6.45) is 4.19. The normalized spacial score (nSPS) is 10.8. The minimum atomic E-state index is 0.480. The van der Waals surface area contributed by atoms with Gasteiger partial charge in [-0.1, -0.05) is 31.7 Å². The maximum absolute atomic E-state index is 5.48. The number of H-pyrrole nitrogens is 1. The lowest BCUT2D eigenvalue weighted by molar-refractivity contribution is 0.363. The van der Waals surface area contributed by atoms with Crippen molar-refractivity contribution < 1.29 is 4.74 Å². The number of rotatable bonds is 6. The van der Waals surface area contributed by atoms with Gasteiger partial charge in [-0.15, -0.1) is 0 Å². The van der Waals surface area contributed by atoms with Crippen LogP contribution in [0.4, 0.5) is 0 Å². The minimum Gasteiger partial charge on any atom is -0.490 e. The number of aromatic nitrogens is 3. The molecular formula is C14H16N4OS. The Hall–Kier alpha value is -2.21. The van der Waals surface area contributed by atoms with E-state index in [0.717, 1.165) is 23.6 Å². The van der Waals surface area contributed by atoms with Gasteiger partial charge in [-0.2, -0.15) is 14.9 Å². The Morgan fingerprint density at radius 3 is 3.15 bits per heavy atom. The summed E-state index contributed by atoms with van der Waals surface area (Å²) in [4.78, 5) is 0. The molecule has 5 nitrogen and oxygen atoms in total. The molecule has 1 aromatic heterocycles. The number of aryl methyl sites for hydroxylation is 1. The minimum absolute atomic E-state index is 0.480. The Kier molecular flexibility index (Phi) is 4.84. The molecule has 0 spiro atoms. The molecule has 1 heterocycles. The smallest absolute Gasteiger partial charge is 0.216 e. The fourth-order valence-corrected chi connectivity index (χ4v) is 1.83. The van der Waals surface area contributed by atoms with E-state index in [-0.39, 0.29) is 0 Å². The summed E-state index contributed by atoms with van der Waals surface area (Å²) >= 11 is 5.13. The number of benzene rings is 1. The van der Waals surface area contributed by atoms with Crippen LogP contribution in [0.25, 0.3) is 0 Å². The van der Waals surface area contributed by atoms with E-state index in [0.29, 0.717) is 11.4 Å². The van der Waals surface area contributed by atoms with Gasteiger partial charge in [0.25, 0.3) is 0 Å². The van der Waals surface area contributed by atoms with Crippen LogP contribution < -0.4 is 4.74 Å². The molecule has 0 bridgehead atoms. The second-order valence-electron chi connectivity index (χ2n) is 4.03. The van der Waals surface area contributed by atoms with Crippen molar-refractivity contribution in [2.24, 2.45) is 5.10 Å². The van der Waals surface area contributed by atoms with Gasteiger partial charge < -0.3 is 4.74 Å². The molecule has 2 rings (SSSR count). The van der Waals surface area contributed by atoms with Crippen molar-refractivity contribution in [1.82, 2.24) is 14.9 Å². The standard InChI is InChI=1S/C14H16N4OS/c1-3-8-19-12-7-5-6-11(9-12)10-15-18-13(4-2)16-17-14(18)20/h3,5-7,9-10H,1,4,8H2,2H3,(H,17,20)/b15-10-. The van der Waals surface area contributed by atoms with Crippen molar-refractivity contribution in [1.29, 1.82) is 0 Å². The SMILES string of the molecule is C=CCOc1cccc(/C=N\n2c(CC)n[nH]c2=S)c1. The van der Waals surface area contributed by atoms with Gasteiger partial charge in [0.1, 0.15) is 12.4 Å². The van der Waals surface area contributed by atoms with Crippen LogP contribution in [0.3, 0.4) is 0 Å². The van der Waals surface area contributed by atoms with Crippen LogP contribution in [0.5, 0.6) is 5.75 Å². The average Bonchev–Trinajstić information content (AvgIpc) is 2.83. The third-order valence-electron chi connectivity index (χ3n) is 2.58. The van der Waals surface area contributed by atoms with E-state index in [2.05, 4.69) is 21.9 Å². The number of aromatic amines is 1. The third-order valence-corrected chi connectivity index (χ3v) is 2.85. The van der Waals surface area contributed by atoms with Crippen molar-refractivity contribution in [2.45, 2.75) is 13.3 Å². The molecule has 2 aromatic rings. The van der Waals surface area contributed by atoms with Crippen LogP contribution in [0, 0.1) is 4.77 Å². The lowest BCUT2D eigenvalue weighted by atomic mass is 10.2. The maximum atomic E-state index is 5.48. The molecule has 0 saturated heterocycles. The van der Waals surface area contributed by atoms with Crippen LogP contribution in [-0.4, -0.2) is 27.7 Å². The predicted octanol–water partition coefficient (Wildman–Crippen LogP) is 2.95. The van der Waals surface area contributed by atoms with E-state index >= 15 is 0 Å². The first kappa shape index (κ1) is 14.2. The zero-order valence-corrected chi connectivity index (χ0v) is 12.1. The molecule has 0 aliphatic rings. The van der Waals surface area contributed by atoms with Crippen LogP contribution in [0.2, 0.25) is 0 Å². The second kappa shape index (κ2) is 6.81. The Labute approximate surface area is 122 Å². The molecule has 104 valence electrons. The summed E-state index contributed by atoms with van der Waals surface area (Å²) in [5, 5.41) is 11.2. The lowest BCUT2D eigenvalue weighted by Crippen LogP contribution is -1.98. The Morgan fingerprint density at radius 1 is 1.55 bits per heavy atom. The molecule has 0 radical (unpaired) electrons. The molecule has 1 N–H and O–H groups in total. The van der Waals surface area contributed by atoms with E-state index in [4.69, 9.17) is 17.0 Å². The molecule has 0 atom stereocenters. The first-order valence-electron chi connectivity index (χ1n) is 6.29. The summed E-state index contributed by atoms with van der Waals surface area (Å²) in [7, 11) is 0. The molecule has 0 unspecified atom stereocenters. The molecule has 0 aliphatic heterocycles. The maximum Gasteiger partial charge on any atom is 0.216 e. The van der Waals surface area contributed by atoms with Gasteiger partial charge in [-0.25, -0.2) is 0 Å². The van der Waals surface area contributed by atoms with E-state index < -0.39 is 0 Å². The molecule has 0 saturated carbocycles. The van der Waals surface area contributed by atoms with Gasteiger partial charge in [0, 0.05) is 6.42 Å². The number of hydrogen-bond acceptors (Lipinski definition) is 4. The summed E-state index contributed by atoms with van der Waals surface area (Å²) in [5.74, 6) is 1.57. The van der Waals surface area contributed by atoms with Crippen LogP contribution >= 0.6 is 12.2 Å². The Bertz CT molecular complexity index is 672. The third kappa shape index (κ3) is 3.42. The highest BCUT2D eigenvalue weighted by Gasteiger charge is 2.01. The van der Waals surface area contributed by atoms with Crippen LogP contribution in [0.15, 0.2) is 42.0 Å². The molecule has 0 aliphatic carbocycles. The highest BCUT2D eigenvalue weighted by molar-refractivity contribution is 7.71. The molecular weight excluding hydrogens is 272 g/mol. The van der Waals surface area contributed by atoms with Crippen LogP contribution in [0.1, 0.15) is 18.3 Å². The molecule has 0 fully saturated rings. The molecule has 0 amide bonds. The highest BCUT2D eigenvalue weighted by atomic mass is 32.1. The summed E-state index contributed by atoms with van der Waals surface area (Å²) in [6.45, 7) is 6.10. The van der Waals surface area contributed by atoms with E-state index in [1.807, 2.05) is 31.2 Å². The monoisotopic (exact) mass is 288 g/mol. The number of nitrogens with one attached hydrogen (secondary N) is 1. The van der Waals surface area contributed by atoms with Crippen molar-refractivity contribution in [2.75, 3.05) is 6.61 Å². The largest absolute Gasteiger partial charge is 0.490 e. The summed E-state index contributed by atoms with van der Waals surface area (Å²) < 4.78 is 7.58. The highest BCUT2D eigenvalue weighted by Crippen LogP contribution is 2.12. The van der Waals surface area contributed by atoms with Gasteiger partial charge in [0.15, 0.2) is 5.82 Å². The van der Waals surface area contributed by atoms with Crippen molar-refractivity contribution in [3.05, 3.63) is 53.1 Å². The van der Waals surface area contributed by atoms with Gasteiger partial charge in [0.05, 0.1) is 6.21 Å². The van der Waals surface area contributed by atoms with Crippen molar-refractivity contribution >= 4 is 18.4 Å². The molecule has 20 heavy (non-hydrogen) atoms. The topological polar surface area (TPSA) is 55.2 Å². The fourth-order valence-electron chi connectivity index (χ4n) is 1.64. The average molecular weight is 288 g/mol. The van der Waals surface area contributed by atoms with Gasteiger partial charge in [-0.05, 0) is 29.9 Å². The molecule has 1 aromatic carbocycles. The quantitative estimate of drug-likeness (QED) is 0.505. The summed E-state index contributed by atoms with van der Waals surface area (Å²) in [6, 6.07) is 7.65. The van der Waals surface area contributed by atoms with Gasteiger partial charge in [0.2, 0.25) is 4.77 Å². The molecule has 6 heteroatoms. The van der Waals surface area contributed by atoms with Crippen molar-refractivity contribution in [3.8, 4) is 5.75 Å². The zero-order chi connectivity index (χ0) is 14.4. The zero-order valence-electron chi connectivity index (χ0n) is 11.2. The number of hydrogen-bond donors (Lipinski definition) is 1. The first-order valence-corrected chi connectivity index (χ1v) is 6.69. The number of nitrogens with zero attached hydrogens (tertiary/aromatic N) is 3. The fraction of sp³-hybridized carbons (Fsp3) is 0.214. The van der Waals surface area contributed by atoms with E-state index in [1.54, 1.807) is 17.0 Å². The van der Waals surface area contributed by atoms with Crippen molar-refractivity contribution in [3.63, 3.8) is 0 Å². The number of ether oxygens (including phenoxy) is 1. The van der Waals surface area contributed by atoms with E-state index in [1.165, 1.54) is 0 Å². The van der Waals surface area contributed by atoms with Crippen LogP contribution in [-0.2, 0) is 6.42 Å². The van der Waals surface area contributed by atoms with E-state index in [9.17, 15) is 0 Å².